The molecule has 0 aliphatic heterocycles. The van der Waals surface area contributed by atoms with E-state index < -0.39 is 10.1 Å². The molecule has 0 fully saturated rings. The second-order valence-electron chi connectivity index (χ2n) is 4.70. The molecule has 0 bridgehead atoms. The van der Waals surface area contributed by atoms with Gasteiger partial charge in [0.1, 0.15) is 10.6 Å². The highest BCUT2D eigenvalue weighted by Gasteiger charge is 2.17. The van der Waals surface area contributed by atoms with Gasteiger partial charge in [0.15, 0.2) is 11.6 Å². The summed E-state index contributed by atoms with van der Waals surface area (Å²) in [5.41, 5.74) is 0.889. The topological polar surface area (TPSA) is 77.5 Å². The third-order valence-corrected chi connectivity index (χ3v) is 4.28. The van der Waals surface area contributed by atoms with Gasteiger partial charge < -0.3 is 4.18 Å². The van der Waals surface area contributed by atoms with Crippen molar-refractivity contribution in [1.29, 1.82) is 0 Å². The van der Waals surface area contributed by atoms with Gasteiger partial charge in [0.25, 0.3) is 0 Å². The number of carbonyl (C=O) groups excluding carboxylic acids is 2. The van der Waals surface area contributed by atoms with Gasteiger partial charge in [0.2, 0.25) is 0 Å². The Morgan fingerprint density at radius 3 is 1.59 bits per heavy atom. The Morgan fingerprint density at radius 2 is 1.18 bits per heavy atom. The molecule has 22 heavy (non-hydrogen) atoms. The molecule has 2 rings (SSSR count). The van der Waals surface area contributed by atoms with Crippen LogP contribution < -0.4 is 4.18 Å². The zero-order valence-electron chi connectivity index (χ0n) is 12.1. The second-order valence-corrected chi connectivity index (χ2v) is 6.24. The van der Waals surface area contributed by atoms with Crippen LogP contribution >= 0.6 is 0 Å². The summed E-state index contributed by atoms with van der Waals surface area (Å²) < 4.78 is 29.3. The van der Waals surface area contributed by atoms with Gasteiger partial charge in [0.05, 0.1) is 0 Å². The summed E-state index contributed by atoms with van der Waals surface area (Å²) in [6.07, 6.45) is 0. The Labute approximate surface area is 128 Å². The minimum Gasteiger partial charge on any atom is -0.379 e. The molecule has 0 aliphatic carbocycles. The van der Waals surface area contributed by atoms with Gasteiger partial charge in [0, 0.05) is 11.1 Å². The molecule has 0 unspecified atom stereocenters. The number of hydrogen-bond acceptors (Lipinski definition) is 5. The third kappa shape index (κ3) is 3.59. The van der Waals surface area contributed by atoms with E-state index in [0.717, 1.165) is 0 Å². The predicted octanol–water partition coefficient (Wildman–Crippen LogP) is 2.86. The van der Waals surface area contributed by atoms with Crippen LogP contribution in [0.1, 0.15) is 34.6 Å². The van der Waals surface area contributed by atoms with Crippen LogP contribution in [0, 0.1) is 0 Å². The van der Waals surface area contributed by atoms with Gasteiger partial charge in [-0.05, 0) is 50.2 Å². The van der Waals surface area contributed by atoms with Crippen molar-refractivity contribution in [3.63, 3.8) is 0 Å². The van der Waals surface area contributed by atoms with E-state index in [1.807, 2.05) is 0 Å². The molecule has 0 radical (unpaired) electrons. The van der Waals surface area contributed by atoms with Crippen molar-refractivity contribution in [2.75, 3.05) is 0 Å². The van der Waals surface area contributed by atoms with E-state index in [1.165, 1.54) is 62.4 Å². The van der Waals surface area contributed by atoms with Gasteiger partial charge in [-0.25, -0.2) is 0 Å². The van der Waals surface area contributed by atoms with Crippen molar-refractivity contribution in [2.24, 2.45) is 0 Å². The van der Waals surface area contributed by atoms with Crippen LogP contribution in [0.15, 0.2) is 53.4 Å². The van der Waals surface area contributed by atoms with Crippen molar-refractivity contribution in [3.8, 4) is 5.75 Å². The smallest absolute Gasteiger partial charge is 0.339 e. The van der Waals surface area contributed by atoms with E-state index in [-0.39, 0.29) is 22.2 Å². The van der Waals surface area contributed by atoms with E-state index in [4.69, 9.17) is 4.18 Å². The lowest BCUT2D eigenvalue weighted by Gasteiger charge is -2.07. The highest BCUT2D eigenvalue weighted by atomic mass is 32.2. The summed E-state index contributed by atoms with van der Waals surface area (Å²) in [4.78, 5) is 22.3. The molecule has 0 amide bonds. The molecule has 0 atom stereocenters. The Kier molecular flexibility index (Phi) is 4.42. The molecule has 2 aromatic rings. The average Bonchev–Trinajstić information content (AvgIpc) is 2.47. The molecule has 5 nitrogen and oxygen atoms in total. The number of ketones is 2. The second kappa shape index (κ2) is 6.11. The summed E-state index contributed by atoms with van der Waals surface area (Å²) in [7, 11) is -3.99. The lowest BCUT2D eigenvalue weighted by Crippen LogP contribution is -2.10. The van der Waals surface area contributed by atoms with Crippen molar-refractivity contribution in [2.45, 2.75) is 18.7 Å². The molecule has 0 saturated carbocycles. The first-order chi connectivity index (χ1) is 10.3. The van der Waals surface area contributed by atoms with E-state index in [1.54, 1.807) is 0 Å². The normalized spacial score (nSPS) is 11.0. The van der Waals surface area contributed by atoms with Crippen LogP contribution in [0.3, 0.4) is 0 Å². The van der Waals surface area contributed by atoms with Gasteiger partial charge in [-0.3, -0.25) is 9.59 Å². The van der Waals surface area contributed by atoms with Gasteiger partial charge in [-0.2, -0.15) is 8.42 Å². The van der Waals surface area contributed by atoms with Gasteiger partial charge >= 0.3 is 10.1 Å². The van der Waals surface area contributed by atoms with Crippen molar-refractivity contribution in [1.82, 2.24) is 0 Å². The molecule has 0 spiro atoms. The van der Waals surface area contributed by atoms with Gasteiger partial charge in [-0.15, -0.1) is 0 Å². The van der Waals surface area contributed by atoms with Crippen molar-refractivity contribution >= 4 is 21.7 Å². The standard InChI is InChI=1S/C16H14O5S/c1-11(17)13-3-7-15(8-4-13)21-22(19,20)16-9-5-14(6-10-16)12(2)18/h3-10H,1-2H3. The fourth-order valence-corrected chi connectivity index (χ4v) is 2.71. The largest absolute Gasteiger partial charge is 0.379 e. The zero-order valence-corrected chi connectivity index (χ0v) is 12.9. The zero-order chi connectivity index (χ0) is 16.3. The van der Waals surface area contributed by atoms with Crippen LogP contribution in [0.2, 0.25) is 0 Å². The third-order valence-electron chi connectivity index (χ3n) is 3.02. The number of carbonyl (C=O) groups is 2. The van der Waals surface area contributed by atoms with E-state index in [9.17, 15) is 18.0 Å². The molecular weight excluding hydrogens is 304 g/mol. The van der Waals surface area contributed by atoms with Crippen molar-refractivity contribution in [3.05, 3.63) is 59.7 Å². The Hall–Kier alpha value is -2.47. The molecule has 114 valence electrons. The SMILES string of the molecule is CC(=O)c1ccc(OS(=O)(=O)c2ccc(C(C)=O)cc2)cc1. The maximum Gasteiger partial charge on any atom is 0.339 e. The number of Topliss-reactive ketones (excluding diaryl/α,β-unsaturated/α-hetero) is 2. The first-order valence-electron chi connectivity index (χ1n) is 6.46. The summed E-state index contributed by atoms with van der Waals surface area (Å²) in [6.45, 7) is 2.82. The maximum atomic E-state index is 12.1. The molecule has 6 heteroatoms. The van der Waals surface area contributed by atoms with Crippen LogP contribution in [0.25, 0.3) is 0 Å². The Morgan fingerprint density at radius 1 is 0.773 bits per heavy atom. The van der Waals surface area contributed by atoms with E-state index in [2.05, 4.69) is 0 Å². The maximum absolute atomic E-state index is 12.1. The highest BCUT2D eigenvalue weighted by molar-refractivity contribution is 7.87. The fraction of sp³-hybridized carbons (Fsp3) is 0.125. The highest BCUT2D eigenvalue weighted by Crippen LogP contribution is 2.20. The first kappa shape index (κ1) is 15.9. The van der Waals surface area contributed by atoms with E-state index >= 15 is 0 Å². The van der Waals surface area contributed by atoms with Crippen LogP contribution in [0.4, 0.5) is 0 Å². The first-order valence-corrected chi connectivity index (χ1v) is 7.87. The summed E-state index contributed by atoms with van der Waals surface area (Å²) >= 11 is 0. The van der Waals surface area contributed by atoms with Crippen LogP contribution in [-0.2, 0) is 10.1 Å². The number of rotatable bonds is 5. The quantitative estimate of drug-likeness (QED) is 0.626. The minimum absolute atomic E-state index is 0.0480. The number of benzene rings is 2. The average molecular weight is 318 g/mol. The van der Waals surface area contributed by atoms with E-state index in [0.29, 0.717) is 11.1 Å². The molecule has 0 heterocycles. The van der Waals surface area contributed by atoms with Gasteiger partial charge in [-0.1, -0.05) is 12.1 Å². The molecule has 0 aromatic heterocycles. The molecular formula is C16H14O5S. The van der Waals surface area contributed by atoms with Crippen LogP contribution in [0.5, 0.6) is 5.75 Å². The van der Waals surface area contributed by atoms with Crippen LogP contribution in [-0.4, -0.2) is 20.0 Å². The summed E-state index contributed by atoms with van der Waals surface area (Å²) in [5, 5.41) is 0. The lowest BCUT2D eigenvalue weighted by molar-refractivity contribution is 0.100. The molecule has 2 aromatic carbocycles. The molecule has 0 saturated heterocycles. The Bertz CT molecular complexity index is 803. The fourth-order valence-electron chi connectivity index (χ4n) is 1.78. The minimum atomic E-state index is -3.99. The number of hydrogen-bond donors (Lipinski definition) is 0. The molecule has 0 aliphatic rings. The lowest BCUT2D eigenvalue weighted by atomic mass is 10.1. The summed E-state index contributed by atoms with van der Waals surface area (Å²) in [5.74, 6) is -0.153. The van der Waals surface area contributed by atoms with Crippen molar-refractivity contribution < 1.29 is 22.2 Å². The Balaban J connectivity index is 2.23. The predicted molar refractivity (Wildman–Crippen MR) is 80.7 cm³/mol. The molecule has 0 N–H and O–H groups in total. The monoisotopic (exact) mass is 318 g/mol. The summed E-state index contributed by atoms with van der Waals surface area (Å²) in [6, 6.07) is 11.3.